The first-order chi connectivity index (χ1) is 21.6. The number of nitrogens with zero attached hydrogens (tertiary/aromatic N) is 2. The maximum absolute atomic E-state index is 13.9. The number of likely N-dealkylation sites (tertiary alicyclic amines) is 1. The van der Waals surface area contributed by atoms with Crippen LogP contribution in [0.2, 0.25) is 0 Å². The zero-order valence-electron chi connectivity index (χ0n) is 29.6. The maximum Gasteiger partial charge on any atom is 0.328 e. The minimum absolute atomic E-state index is 0.0438. The van der Waals surface area contributed by atoms with Gasteiger partial charge in [0.25, 0.3) is 0 Å². The second-order valence-corrected chi connectivity index (χ2v) is 13.7. The molecule has 3 N–H and O–H groups in total. The summed E-state index contributed by atoms with van der Waals surface area (Å²) in [5.41, 5.74) is 6.81. The number of hydrogen-bond acceptors (Lipinski definition) is 8. The molecule has 1 aromatic carbocycles. The van der Waals surface area contributed by atoms with Crippen molar-refractivity contribution in [1.82, 2.24) is 15.1 Å². The molecule has 8 atom stereocenters. The molecule has 0 spiro atoms. The minimum Gasteiger partial charge on any atom is -0.467 e. The summed E-state index contributed by atoms with van der Waals surface area (Å²) in [4.78, 5) is 56.9. The van der Waals surface area contributed by atoms with Crippen molar-refractivity contribution in [3.63, 3.8) is 0 Å². The number of likely N-dealkylation sites (N-methyl/N-ethyl adjacent to an activating group) is 1. The highest BCUT2D eigenvalue weighted by atomic mass is 16.5. The molecule has 3 amide bonds. The van der Waals surface area contributed by atoms with Crippen LogP contribution in [0.4, 0.5) is 0 Å². The lowest BCUT2D eigenvalue weighted by Crippen LogP contribution is -2.57. The van der Waals surface area contributed by atoms with Crippen molar-refractivity contribution in [3.05, 3.63) is 35.9 Å². The third kappa shape index (κ3) is 9.99. The van der Waals surface area contributed by atoms with Crippen molar-refractivity contribution in [3.8, 4) is 0 Å². The first-order valence-electron chi connectivity index (χ1n) is 16.4. The summed E-state index contributed by atoms with van der Waals surface area (Å²) >= 11 is 0. The van der Waals surface area contributed by atoms with Crippen LogP contribution in [0.15, 0.2) is 30.3 Å². The highest BCUT2D eigenvalue weighted by Gasteiger charge is 2.43. The van der Waals surface area contributed by atoms with E-state index >= 15 is 0 Å². The lowest BCUT2D eigenvalue weighted by atomic mass is 9.85. The molecule has 0 aromatic heterocycles. The van der Waals surface area contributed by atoms with Crippen LogP contribution < -0.4 is 11.1 Å². The van der Waals surface area contributed by atoms with Gasteiger partial charge in [-0.25, -0.2) is 4.79 Å². The average Bonchev–Trinajstić information content (AvgIpc) is 3.52. The van der Waals surface area contributed by atoms with Gasteiger partial charge >= 0.3 is 5.97 Å². The number of nitrogens with two attached hydrogens (primary N) is 1. The van der Waals surface area contributed by atoms with Crippen molar-refractivity contribution in [2.45, 2.75) is 110 Å². The van der Waals surface area contributed by atoms with Gasteiger partial charge in [0.15, 0.2) is 0 Å². The Morgan fingerprint density at radius 3 is 2.22 bits per heavy atom. The number of amides is 3. The van der Waals surface area contributed by atoms with Crippen LogP contribution in [-0.4, -0.2) is 105 Å². The number of benzene rings is 1. The molecule has 1 aliphatic rings. The lowest BCUT2D eigenvalue weighted by molar-refractivity contribution is -0.148. The fourth-order valence-corrected chi connectivity index (χ4v) is 6.38. The number of esters is 1. The van der Waals surface area contributed by atoms with Gasteiger partial charge in [-0.05, 0) is 29.7 Å². The molecular weight excluding hydrogens is 588 g/mol. The molecule has 0 aliphatic carbocycles. The summed E-state index contributed by atoms with van der Waals surface area (Å²) in [7, 11) is 6.13. The third-order valence-electron chi connectivity index (χ3n) is 9.54. The van der Waals surface area contributed by atoms with Crippen molar-refractivity contribution in [2.75, 3.05) is 34.9 Å². The van der Waals surface area contributed by atoms with E-state index in [-0.39, 0.29) is 48.6 Å². The Hall–Kier alpha value is -3.02. The van der Waals surface area contributed by atoms with E-state index in [1.807, 2.05) is 65.0 Å². The van der Waals surface area contributed by atoms with Crippen LogP contribution in [0.1, 0.15) is 72.8 Å². The van der Waals surface area contributed by atoms with Gasteiger partial charge in [0.05, 0.1) is 49.8 Å². The first-order valence-corrected chi connectivity index (χ1v) is 16.4. The fourth-order valence-electron chi connectivity index (χ4n) is 6.38. The van der Waals surface area contributed by atoms with Crippen LogP contribution >= 0.6 is 0 Å². The number of nitrogens with one attached hydrogen (secondary N) is 1. The SMILES string of the molecule is CC[C@H](C)[C@@H]([C@@H](CC(=O)N1CCC[C@H]1[C@H](OC)[C@@H](C)C(=O)N[C@@H](Cc1ccccc1)C(=O)OC)OC)N(C)C(=O)[C@@H](N)C(C)(C)C. The molecule has 11 nitrogen and oxygen atoms in total. The Kier molecular flexibility index (Phi) is 15.1. The number of methoxy groups -OCH3 is 3. The quantitative estimate of drug-likeness (QED) is 0.261. The minimum atomic E-state index is -0.868. The molecule has 1 saturated heterocycles. The standard InChI is InChI=1S/C35H58N4O7/c1-11-22(2)29(38(7)33(42)31(36)35(4,5)6)27(44-8)21-28(40)39-19-15-18-26(39)30(45-9)23(3)32(41)37-25(34(43)46-10)20-24-16-13-12-14-17-24/h12-14,16-17,22-23,25-27,29-31H,11,15,18-21,36H2,1-10H3,(H,37,41)/t22-,23+,25-,26-,27+,29-,30+,31+/m0/s1. The predicted octanol–water partition coefficient (Wildman–Crippen LogP) is 3.18. The number of hydrogen-bond donors (Lipinski definition) is 2. The number of carbonyl (C=O) groups is 4. The summed E-state index contributed by atoms with van der Waals surface area (Å²) in [6, 6.07) is 7.10. The Morgan fingerprint density at radius 1 is 1.07 bits per heavy atom. The molecule has 0 bridgehead atoms. The van der Waals surface area contributed by atoms with E-state index in [1.165, 1.54) is 14.2 Å². The summed E-state index contributed by atoms with van der Waals surface area (Å²) < 4.78 is 16.8. The Morgan fingerprint density at radius 2 is 1.70 bits per heavy atom. The van der Waals surface area contributed by atoms with Crippen LogP contribution in [0.5, 0.6) is 0 Å². The third-order valence-corrected chi connectivity index (χ3v) is 9.54. The highest BCUT2D eigenvalue weighted by Crippen LogP contribution is 2.30. The van der Waals surface area contributed by atoms with Gasteiger partial charge in [-0.15, -0.1) is 0 Å². The molecular formula is C35H58N4O7. The molecule has 1 aliphatic heterocycles. The Labute approximate surface area is 275 Å². The lowest BCUT2D eigenvalue weighted by Gasteiger charge is -2.41. The average molecular weight is 647 g/mol. The summed E-state index contributed by atoms with van der Waals surface area (Å²) in [5.74, 6) is -1.84. The number of carbonyl (C=O) groups excluding carboxylic acids is 4. The number of ether oxygens (including phenoxy) is 3. The molecule has 260 valence electrons. The molecule has 11 heteroatoms. The molecule has 1 heterocycles. The van der Waals surface area contributed by atoms with Crippen LogP contribution in [0, 0.1) is 17.3 Å². The summed E-state index contributed by atoms with van der Waals surface area (Å²) in [6.07, 6.45) is 1.37. The van der Waals surface area contributed by atoms with E-state index < -0.39 is 41.6 Å². The molecule has 0 unspecified atom stereocenters. The van der Waals surface area contributed by atoms with E-state index in [4.69, 9.17) is 19.9 Å². The van der Waals surface area contributed by atoms with Gasteiger partial charge < -0.3 is 35.1 Å². The van der Waals surface area contributed by atoms with Gasteiger partial charge in [0, 0.05) is 34.2 Å². The largest absolute Gasteiger partial charge is 0.467 e. The normalized spacial score (nSPS) is 19.7. The summed E-state index contributed by atoms with van der Waals surface area (Å²) in [6.45, 7) is 12.1. The van der Waals surface area contributed by atoms with Gasteiger partial charge in [-0.2, -0.15) is 0 Å². The molecule has 2 rings (SSSR count). The van der Waals surface area contributed by atoms with Gasteiger partial charge in [-0.1, -0.05) is 78.3 Å². The van der Waals surface area contributed by atoms with Crippen LogP contribution in [-0.2, 0) is 39.8 Å². The van der Waals surface area contributed by atoms with E-state index in [0.29, 0.717) is 13.0 Å². The second-order valence-electron chi connectivity index (χ2n) is 13.7. The smallest absolute Gasteiger partial charge is 0.328 e. The summed E-state index contributed by atoms with van der Waals surface area (Å²) in [5, 5.41) is 2.85. The topological polar surface area (TPSA) is 141 Å². The van der Waals surface area contributed by atoms with Crippen LogP contribution in [0.3, 0.4) is 0 Å². The highest BCUT2D eigenvalue weighted by molar-refractivity contribution is 5.86. The Balaban J connectivity index is 2.23. The van der Waals surface area contributed by atoms with Crippen molar-refractivity contribution >= 4 is 23.7 Å². The molecule has 0 saturated carbocycles. The van der Waals surface area contributed by atoms with E-state index in [0.717, 1.165) is 18.4 Å². The van der Waals surface area contributed by atoms with E-state index in [2.05, 4.69) is 5.32 Å². The molecule has 1 fully saturated rings. The van der Waals surface area contributed by atoms with Crippen molar-refractivity contribution < 1.29 is 33.4 Å². The van der Waals surface area contributed by atoms with Crippen molar-refractivity contribution in [1.29, 1.82) is 0 Å². The molecule has 1 aromatic rings. The maximum atomic E-state index is 13.9. The number of rotatable bonds is 16. The zero-order chi connectivity index (χ0) is 34.8. The Bertz CT molecular complexity index is 1140. The zero-order valence-corrected chi connectivity index (χ0v) is 29.6. The molecule has 0 radical (unpaired) electrons. The monoisotopic (exact) mass is 646 g/mol. The van der Waals surface area contributed by atoms with E-state index in [1.54, 1.807) is 30.9 Å². The molecule has 46 heavy (non-hydrogen) atoms. The van der Waals surface area contributed by atoms with Gasteiger partial charge in [0.1, 0.15) is 6.04 Å². The fraction of sp³-hybridized carbons (Fsp3) is 0.714. The second kappa shape index (κ2) is 17.8. The van der Waals surface area contributed by atoms with Gasteiger partial charge in [-0.3, -0.25) is 14.4 Å². The first kappa shape index (κ1) is 39.2. The van der Waals surface area contributed by atoms with Gasteiger partial charge in [0.2, 0.25) is 17.7 Å². The predicted molar refractivity (Wildman–Crippen MR) is 178 cm³/mol. The van der Waals surface area contributed by atoms with Crippen LogP contribution in [0.25, 0.3) is 0 Å². The van der Waals surface area contributed by atoms with Crippen molar-refractivity contribution in [2.24, 2.45) is 23.0 Å². The van der Waals surface area contributed by atoms with E-state index in [9.17, 15) is 19.2 Å².